The van der Waals surface area contributed by atoms with Crippen LogP contribution < -0.4 is 0 Å². The summed E-state index contributed by atoms with van der Waals surface area (Å²) in [4.78, 5) is 0. The van der Waals surface area contributed by atoms with Crippen molar-refractivity contribution in [2.45, 2.75) is 116 Å². The topological polar surface area (TPSA) is 40.5 Å². The molecule has 122 valence electrons. The van der Waals surface area contributed by atoms with Crippen molar-refractivity contribution in [3.63, 3.8) is 0 Å². The van der Waals surface area contributed by atoms with Gasteiger partial charge in [0.15, 0.2) is 0 Å². The van der Waals surface area contributed by atoms with E-state index in [1.165, 1.54) is 51.4 Å². The van der Waals surface area contributed by atoms with E-state index >= 15 is 0 Å². The molecule has 0 amide bonds. The summed E-state index contributed by atoms with van der Waals surface area (Å²) < 4.78 is 0. The van der Waals surface area contributed by atoms with Crippen molar-refractivity contribution in [1.82, 2.24) is 0 Å². The maximum atomic E-state index is 9.85. The van der Waals surface area contributed by atoms with Gasteiger partial charge in [0.1, 0.15) is 0 Å². The second kappa shape index (κ2) is 15.3. The highest BCUT2D eigenvalue weighted by Crippen LogP contribution is 2.14. The van der Waals surface area contributed by atoms with Crippen LogP contribution in [0.5, 0.6) is 0 Å². The summed E-state index contributed by atoms with van der Waals surface area (Å²) in [5.41, 5.74) is 0. The third kappa shape index (κ3) is 14.3. The minimum absolute atomic E-state index is 0.149. The quantitative estimate of drug-likeness (QED) is 0.406. The van der Waals surface area contributed by atoms with Crippen molar-refractivity contribution >= 4 is 0 Å². The molecule has 2 atom stereocenters. The Morgan fingerprint density at radius 1 is 0.550 bits per heavy atom. The zero-order chi connectivity index (χ0) is 15.1. The van der Waals surface area contributed by atoms with Gasteiger partial charge in [0.2, 0.25) is 0 Å². The van der Waals surface area contributed by atoms with E-state index in [0.29, 0.717) is 0 Å². The fraction of sp³-hybridized carbons (Fsp3) is 1.00. The van der Waals surface area contributed by atoms with E-state index in [4.69, 9.17) is 0 Å². The number of unbranched alkanes of at least 4 members (excludes halogenated alkanes) is 8. The Morgan fingerprint density at radius 2 is 1.00 bits per heavy atom. The van der Waals surface area contributed by atoms with Crippen molar-refractivity contribution in [2.75, 3.05) is 0 Å². The van der Waals surface area contributed by atoms with E-state index in [0.717, 1.165) is 38.5 Å². The van der Waals surface area contributed by atoms with Crippen molar-refractivity contribution in [3.8, 4) is 0 Å². The average Bonchev–Trinajstić information content (AvgIpc) is 2.45. The van der Waals surface area contributed by atoms with E-state index in [2.05, 4.69) is 6.92 Å². The van der Waals surface area contributed by atoms with Crippen LogP contribution in [0.25, 0.3) is 0 Å². The van der Waals surface area contributed by atoms with Gasteiger partial charge < -0.3 is 10.2 Å². The van der Waals surface area contributed by atoms with E-state index < -0.39 is 0 Å². The Balaban J connectivity index is 3.17. The fourth-order valence-electron chi connectivity index (χ4n) is 2.63. The van der Waals surface area contributed by atoms with Gasteiger partial charge >= 0.3 is 0 Å². The van der Waals surface area contributed by atoms with Crippen molar-refractivity contribution in [1.29, 1.82) is 0 Å². The van der Waals surface area contributed by atoms with Gasteiger partial charge in [-0.2, -0.15) is 0 Å². The summed E-state index contributed by atoms with van der Waals surface area (Å²) in [6.45, 7) is 4.26. The minimum atomic E-state index is -0.171. The first-order valence-corrected chi connectivity index (χ1v) is 9.06. The zero-order valence-corrected chi connectivity index (χ0v) is 13.9. The fourth-order valence-corrected chi connectivity index (χ4v) is 2.63. The molecule has 0 aromatic rings. The van der Waals surface area contributed by atoms with Gasteiger partial charge in [0, 0.05) is 0 Å². The number of aliphatic hydroxyl groups excluding tert-OH is 2. The van der Waals surface area contributed by atoms with Crippen LogP contribution in [0.1, 0.15) is 104 Å². The molecule has 0 radical (unpaired) electrons. The predicted octanol–water partition coefficient (Wildman–Crippen LogP) is 5.21. The lowest BCUT2D eigenvalue weighted by Gasteiger charge is -2.12. The summed E-state index contributed by atoms with van der Waals surface area (Å²) in [5.74, 6) is 0. The highest BCUT2D eigenvalue weighted by atomic mass is 16.3. The molecule has 0 aromatic carbocycles. The second-order valence-electron chi connectivity index (χ2n) is 6.26. The first-order valence-electron chi connectivity index (χ1n) is 9.06. The number of hydrogen-bond acceptors (Lipinski definition) is 2. The van der Waals surface area contributed by atoms with E-state index in [1.54, 1.807) is 0 Å². The van der Waals surface area contributed by atoms with Gasteiger partial charge in [-0.05, 0) is 32.1 Å². The van der Waals surface area contributed by atoms with Gasteiger partial charge in [0.25, 0.3) is 0 Å². The van der Waals surface area contributed by atoms with Gasteiger partial charge in [0.05, 0.1) is 12.2 Å². The van der Waals surface area contributed by atoms with Crippen molar-refractivity contribution in [3.05, 3.63) is 0 Å². The zero-order valence-electron chi connectivity index (χ0n) is 13.9. The summed E-state index contributed by atoms with van der Waals surface area (Å²) in [7, 11) is 0. The second-order valence-corrected chi connectivity index (χ2v) is 6.26. The Bertz CT molecular complexity index is 182. The predicted molar refractivity (Wildman–Crippen MR) is 88.0 cm³/mol. The monoisotopic (exact) mass is 286 g/mol. The molecule has 0 spiro atoms. The maximum Gasteiger partial charge on any atom is 0.0540 e. The lowest BCUT2D eigenvalue weighted by molar-refractivity contribution is 0.125. The van der Waals surface area contributed by atoms with E-state index in [9.17, 15) is 10.2 Å². The van der Waals surface area contributed by atoms with Gasteiger partial charge in [-0.15, -0.1) is 0 Å². The smallest absolute Gasteiger partial charge is 0.0540 e. The molecule has 0 aliphatic heterocycles. The summed E-state index contributed by atoms with van der Waals surface area (Å²) in [6.07, 6.45) is 16.1. The Kier molecular flexibility index (Phi) is 15.3. The number of aliphatic hydroxyl groups is 2. The van der Waals surface area contributed by atoms with Crippen molar-refractivity contribution in [2.24, 2.45) is 0 Å². The van der Waals surface area contributed by atoms with Crippen LogP contribution in [0, 0.1) is 0 Å². The van der Waals surface area contributed by atoms with Gasteiger partial charge in [-0.3, -0.25) is 0 Å². The molecular weight excluding hydrogens is 248 g/mol. The maximum absolute atomic E-state index is 9.85. The summed E-state index contributed by atoms with van der Waals surface area (Å²) >= 11 is 0. The highest BCUT2D eigenvalue weighted by Gasteiger charge is 2.06. The summed E-state index contributed by atoms with van der Waals surface area (Å²) in [6, 6.07) is 0. The molecule has 2 unspecified atom stereocenters. The highest BCUT2D eigenvalue weighted by molar-refractivity contribution is 4.60. The molecule has 0 bridgehead atoms. The minimum Gasteiger partial charge on any atom is -0.393 e. The van der Waals surface area contributed by atoms with Crippen LogP contribution in [0.2, 0.25) is 0 Å². The molecule has 0 aromatic heterocycles. The molecule has 2 heteroatoms. The van der Waals surface area contributed by atoms with Crippen LogP contribution >= 0.6 is 0 Å². The van der Waals surface area contributed by atoms with E-state index in [1.807, 2.05) is 6.92 Å². The molecule has 0 saturated heterocycles. The lowest BCUT2D eigenvalue weighted by atomic mass is 10.0. The van der Waals surface area contributed by atoms with Gasteiger partial charge in [-0.25, -0.2) is 0 Å². The summed E-state index contributed by atoms with van der Waals surface area (Å²) in [5, 5.41) is 19.3. The Labute approximate surface area is 127 Å². The van der Waals surface area contributed by atoms with Crippen LogP contribution in [0.15, 0.2) is 0 Å². The molecule has 0 heterocycles. The standard InChI is InChI=1S/C18H38O2/c1-3-5-6-7-8-9-10-11-12-14-18(20)16-13-15-17(19)4-2/h17-20H,3-16H2,1-2H3. The Morgan fingerprint density at radius 3 is 1.55 bits per heavy atom. The van der Waals surface area contributed by atoms with Crippen LogP contribution in [0.3, 0.4) is 0 Å². The molecular formula is C18H38O2. The number of hydrogen-bond donors (Lipinski definition) is 2. The molecule has 2 N–H and O–H groups in total. The van der Waals surface area contributed by atoms with Crippen LogP contribution in [-0.2, 0) is 0 Å². The first-order chi connectivity index (χ1) is 9.70. The van der Waals surface area contributed by atoms with Crippen LogP contribution in [0.4, 0.5) is 0 Å². The van der Waals surface area contributed by atoms with Crippen LogP contribution in [-0.4, -0.2) is 22.4 Å². The molecule has 0 saturated carbocycles. The van der Waals surface area contributed by atoms with Crippen molar-refractivity contribution < 1.29 is 10.2 Å². The van der Waals surface area contributed by atoms with Gasteiger partial charge in [-0.1, -0.05) is 71.6 Å². The third-order valence-corrected chi connectivity index (χ3v) is 4.19. The average molecular weight is 286 g/mol. The normalized spacial score (nSPS) is 14.4. The Hall–Kier alpha value is -0.0800. The molecule has 20 heavy (non-hydrogen) atoms. The first kappa shape index (κ1) is 19.9. The SMILES string of the molecule is CCCCCCCCCCCC(O)CCCC(O)CC. The lowest BCUT2D eigenvalue weighted by Crippen LogP contribution is -2.09. The molecule has 2 nitrogen and oxygen atoms in total. The molecule has 0 fully saturated rings. The third-order valence-electron chi connectivity index (χ3n) is 4.19. The number of rotatable bonds is 15. The molecule has 0 aliphatic rings. The largest absolute Gasteiger partial charge is 0.393 e. The van der Waals surface area contributed by atoms with E-state index in [-0.39, 0.29) is 12.2 Å². The molecule has 0 aliphatic carbocycles. The molecule has 0 rings (SSSR count).